The molecule has 0 heterocycles. The molecule has 0 amide bonds. The van der Waals surface area contributed by atoms with Crippen molar-refractivity contribution < 1.29 is 13.6 Å². The third-order valence-corrected chi connectivity index (χ3v) is 2.94. The van der Waals surface area contributed by atoms with E-state index in [-0.39, 0.29) is 0 Å². The van der Waals surface area contributed by atoms with E-state index in [9.17, 15) is 4.57 Å². The van der Waals surface area contributed by atoms with Crippen molar-refractivity contribution in [1.82, 2.24) is 0 Å². The molecule has 0 aromatic rings. The predicted octanol–water partition coefficient (Wildman–Crippen LogP) is 3.79. The number of rotatable bonds is 10. The molecule has 0 fully saturated rings. The molecule has 0 radical (unpaired) electrons. The van der Waals surface area contributed by atoms with Crippen molar-refractivity contribution in [3.63, 3.8) is 0 Å². The summed E-state index contributed by atoms with van der Waals surface area (Å²) >= 11 is 0. The minimum Gasteiger partial charge on any atom is -0.311 e. The van der Waals surface area contributed by atoms with Crippen molar-refractivity contribution in [3.8, 4) is 0 Å². The lowest BCUT2D eigenvalue weighted by Gasteiger charge is -2.03. The molecule has 86 valence electrons. The molecule has 0 rings (SSSR count). The highest BCUT2D eigenvalue weighted by Crippen LogP contribution is 2.23. The normalized spacial score (nSPS) is 13.0. The van der Waals surface area contributed by atoms with Crippen molar-refractivity contribution in [2.75, 3.05) is 13.2 Å². The fraction of sp³-hybridized carbons (Fsp3) is 1.00. The van der Waals surface area contributed by atoms with Gasteiger partial charge >= 0.3 is 8.25 Å². The van der Waals surface area contributed by atoms with Gasteiger partial charge in [-0.2, -0.15) is 0 Å². The molecule has 0 spiro atoms. The Morgan fingerprint density at radius 3 is 2.21 bits per heavy atom. The fourth-order valence-electron chi connectivity index (χ4n) is 1.20. The summed E-state index contributed by atoms with van der Waals surface area (Å²) in [6.45, 7) is 5.06. The van der Waals surface area contributed by atoms with Gasteiger partial charge in [0, 0.05) is 0 Å². The standard InChI is InChI=1S/C10H23O3P/c1-3-5-6-7-8-9-10-13-14(11)12-4-2/h14H,3-10H2,1-2H3. The van der Waals surface area contributed by atoms with Crippen molar-refractivity contribution in [3.05, 3.63) is 0 Å². The molecule has 0 aromatic heterocycles. The van der Waals surface area contributed by atoms with E-state index in [1.54, 1.807) is 0 Å². The molecule has 14 heavy (non-hydrogen) atoms. The topological polar surface area (TPSA) is 35.5 Å². The zero-order chi connectivity index (χ0) is 10.6. The molecule has 3 nitrogen and oxygen atoms in total. The monoisotopic (exact) mass is 222 g/mol. The van der Waals surface area contributed by atoms with E-state index in [1.807, 2.05) is 6.92 Å². The summed E-state index contributed by atoms with van der Waals surface area (Å²) in [4.78, 5) is 0. The Morgan fingerprint density at radius 2 is 1.57 bits per heavy atom. The molecule has 1 atom stereocenters. The SMILES string of the molecule is CCCCCCCCO[PH](=O)OCC. The van der Waals surface area contributed by atoms with Crippen LogP contribution in [0.2, 0.25) is 0 Å². The smallest absolute Gasteiger partial charge is 0.311 e. The van der Waals surface area contributed by atoms with Crippen LogP contribution in [0.25, 0.3) is 0 Å². The largest absolute Gasteiger partial charge is 0.319 e. The van der Waals surface area contributed by atoms with Crippen LogP contribution in [0.5, 0.6) is 0 Å². The van der Waals surface area contributed by atoms with Crippen LogP contribution in [0.4, 0.5) is 0 Å². The maximum atomic E-state index is 10.9. The van der Waals surface area contributed by atoms with E-state index in [0.717, 1.165) is 6.42 Å². The molecule has 0 aliphatic rings. The maximum Gasteiger partial charge on any atom is 0.319 e. The van der Waals surface area contributed by atoms with E-state index < -0.39 is 8.25 Å². The van der Waals surface area contributed by atoms with Crippen LogP contribution in [-0.2, 0) is 13.6 Å². The summed E-state index contributed by atoms with van der Waals surface area (Å²) < 4.78 is 20.7. The molecule has 0 N–H and O–H groups in total. The summed E-state index contributed by atoms with van der Waals surface area (Å²) in [6.07, 6.45) is 7.31. The number of hydrogen-bond donors (Lipinski definition) is 0. The minimum atomic E-state index is -2.19. The molecule has 4 heteroatoms. The van der Waals surface area contributed by atoms with Crippen LogP contribution in [-0.4, -0.2) is 13.2 Å². The summed E-state index contributed by atoms with van der Waals surface area (Å²) in [7, 11) is -2.19. The van der Waals surface area contributed by atoms with Crippen molar-refractivity contribution in [1.29, 1.82) is 0 Å². The highest BCUT2D eigenvalue weighted by molar-refractivity contribution is 7.33. The Morgan fingerprint density at radius 1 is 0.929 bits per heavy atom. The second-order valence-electron chi connectivity index (χ2n) is 3.30. The third kappa shape index (κ3) is 10.2. The Bertz CT molecular complexity index is 139. The van der Waals surface area contributed by atoms with Crippen LogP contribution in [0, 0.1) is 0 Å². The maximum absolute atomic E-state index is 10.9. The Balaban J connectivity index is 3.01. The highest BCUT2D eigenvalue weighted by atomic mass is 31.1. The quantitative estimate of drug-likeness (QED) is 0.416. The molecule has 0 aliphatic carbocycles. The van der Waals surface area contributed by atoms with E-state index in [2.05, 4.69) is 6.92 Å². The van der Waals surface area contributed by atoms with Crippen LogP contribution in [0.3, 0.4) is 0 Å². The molecule has 1 unspecified atom stereocenters. The Hall–Kier alpha value is 0.150. The molecule has 0 aromatic carbocycles. The van der Waals surface area contributed by atoms with Crippen LogP contribution in [0.15, 0.2) is 0 Å². The van der Waals surface area contributed by atoms with Gasteiger partial charge in [0.2, 0.25) is 0 Å². The molecule has 0 bridgehead atoms. The average Bonchev–Trinajstić information content (AvgIpc) is 2.17. The lowest BCUT2D eigenvalue weighted by Crippen LogP contribution is -1.89. The van der Waals surface area contributed by atoms with Gasteiger partial charge in [0.25, 0.3) is 0 Å². The first-order chi connectivity index (χ1) is 6.81. The van der Waals surface area contributed by atoms with Gasteiger partial charge in [-0.3, -0.25) is 4.57 Å². The Labute approximate surface area is 88.1 Å². The molecular weight excluding hydrogens is 199 g/mol. The van der Waals surface area contributed by atoms with Gasteiger partial charge in [0.05, 0.1) is 13.2 Å². The van der Waals surface area contributed by atoms with Gasteiger partial charge in [-0.1, -0.05) is 39.0 Å². The van der Waals surface area contributed by atoms with Gasteiger partial charge in [0.15, 0.2) is 0 Å². The number of unbranched alkanes of at least 4 members (excludes halogenated alkanes) is 5. The van der Waals surface area contributed by atoms with E-state index in [1.165, 1.54) is 32.1 Å². The first kappa shape index (κ1) is 14.2. The highest BCUT2D eigenvalue weighted by Gasteiger charge is 1.97. The van der Waals surface area contributed by atoms with Crippen molar-refractivity contribution in [2.24, 2.45) is 0 Å². The fourth-order valence-corrected chi connectivity index (χ4v) is 1.83. The second kappa shape index (κ2) is 11.2. The zero-order valence-corrected chi connectivity index (χ0v) is 10.4. The van der Waals surface area contributed by atoms with Gasteiger partial charge < -0.3 is 9.05 Å². The predicted molar refractivity (Wildman–Crippen MR) is 60.0 cm³/mol. The summed E-state index contributed by atoms with van der Waals surface area (Å²) in [5.74, 6) is 0. The van der Waals surface area contributed by atoms with Crippen LogP contribution in [0.1, 0.15) is 52.4 Å². The third-order valence-electron chi connectivity index (χ3n) is 1.98. The van der Waals surface area contributed by atoms with E-state index in [4.69, 9.17) is 9.05 Å². The average molecular weight is 222 g/mol. The lowest BCUT2D eigenvalue weighted by molar-refractivity contribution is 0.229. The Kier molecular flexibility index (Phi) is 11.3. The van der Waals surface area contributed by atoms with E-state index >= 15 is 0 Å². The summed E-state index contributed by atoms with van der Waals surface area (Å²) in [6, 6.07) is 0. The van der Waals surface area contributed by atoms with E-state index in [0.29, 0.717) is 13.2 Å². The summed E-state index contributed by atoms with van der Waals surface area (Å²) in [5.41, 5.74) is 0. The van der Waals surface area contributed by atoms with Gasteiger partial charge in [-0.25, -0.2) is 0 Å². The number of hydrogen-bond acceptors (Lipinski definition) is 3. The minimum absolute atomic E-state index is 0.467. The van der Waals surface area contributed by atoms with Crippen molar-refractivity contribution in [2.45, 2.75) is 52.4 Å². The molecule has 0 saturated heterocycles. The molecular formula is C10H23O3P. The first-order valence-corrected chi connectivity index (χ1v) is 6.83. The van der Waals surface area contributed by atoms with Gasteiger partial charge in [0.1, 0.15) is 0 Å². The van der Waals surface area contributed by atoms with Gasteiger partial charge in [-0.15, -0.1) is 0 Å². The van der Waals surface area contributed by atoms with Crippen LogP contribution >= 0.6 is 8.25 Å². The summed E-state index contributed by atoms with van der Waals surface area (Å²) in [5, 5.41) is 0. The van der Waals surface area contributed by atoms with Crippen molar-refractivity contribution >= 4 is 8.25 Å². The first-order valence-electron chi connectivity index (χ1n) is 5.60. The second-order valence-corrected chi connectivity index (χ2v) is 4.38. The van der Waals surface area contributed by atoms with Gasteiger partial charge in [-0.05, 0) is 13.3 Å². The molecule has 0 aliphatic heterocycles. The van der Waals surface area contributed by atoms with Crippen LogP contribution < -0.4 is 0 Å². The lowest BCUT2D eigenvalue weighted by atomic mass is 10.1. The molecule has 0 saturated carbocycles. The zero-order valence-electron chi connectivity index (χ0n) is 9.38.